The Bertz CT molecular complexity index is 1110. The fraction of sp³-hybridized carbons (Fsp3) is 0.643. The first-order chi connectivity index (χ1) is 16.7. The van der Waals surface area contributed by atoms with Crippen molar-refractivity contribution in [2.45, 2.75) is 84.6 Å². The van der Waals surface area contributed by atoms with Crippen LogP contribution in [0.4, 0.5) is 5.69 Å². The third-order valence-electron chi connectivity index (χ3n) is 8.14. The molecule has 7 heteroatoms. The maximum absolute atomic E-state index is 13.5. The van der Waals surface area contributed by atoms with Crippen molar-refractivity contribution in [2.24, 2.45) is 17.8 Å². The molecule has 0 unspecified atom stereocenters. The van der Waals surface area contributed by atoms with Crippen molar-refractivity contribution in [3.05, 3.63) is 41.0 Å². The first-order valence-electron chi connectivity index (χ1n) is 13.3. The maximum atomic E-state index is 13.5. The van der Waals surface area contributed by atoms with Crippen molar-refractivity contribution in [3.8, 4) is 0 Å². The molecule has 3 aliphatic rings. The third-order valence-corrected chi connectivity index (χ3v) is 8.14. The van der Waals surface area contributed by atoms with Crippen LogP contribution in [0.25, 0.3) is 0 Å². The van der Waals surface area contributed by atoms with Crippen molar-refractivity contribution in [1.82, 2.24) is 19.7 Å². The Hall–Kier alpha value is -2.70. The Morgan fingerprint density at radius 1 is 1.09 bits per heavy atom. The molecule has 0 radical (unpaired) electrons. The molecule has 1 aliphatic heterocycles. The number of carbonyl (C=O) groups excluding carboxylic acids is 2. The van der Waals surface area contributed by atoms with Gasteiger partial charge in [-0.05, 0) is 69.4 Å². The molecule has 2 amide bonds. The van der Waals surface area contributed by atoms with E-state index in [1.807, 2.05) is 26.0 Å². The highest BCUT2D eigenvalue weighted by molar-refractivity contribution is 5.94. The SMILES string of the molecule is CC(=O)N1C[C@@H](C(=O)Nc2ccc(C)cc2C)[C@H](c2nnc([C@H]3C[C@@H](CC(C)C)C3)n2C2CC2)C1. The average Bonchev–Trinajstić information content (AvgIpc) is 3.35. The van der Waals surface area contributed by atoms with Gasteiger partial charge in [-0.15, -0.1) is 10.2 Å². The summed E-state index contributed by atoms with van der Waals surface area (Å²) in [5.41, 5.74) is 3.04. The van der Waals surface area contributed by atoms with Crippen molar-refractivity contribution in [2.75, 3.05) is 18.4 Å². The molecule has 2 saturated carbocycles. The third kappa shape index (κ3) is 4.87. The van der Waals surface area contributed by atoms with E-state index in [1.54, 1.807) is 11.8 Å². The minimum Gasteiger partial charge on any atom is -0.341 e. The highest BCUT2D eigenvalue weighted by atomic mass is 16.2. The Morgan fingerprint density at radius 2 is 1.80 bits per heavy atom. The summed E-state index contributed by atoms with van der Waals surface area (Å²) >= 11 is 0. The lowest BCUT2D eigenvalue weighted by Gasteiger charge is -2.36. The van der Waals surface area contributed by atoms with E-state index in [1.165, 1.54) is 24.8 Å². The van der Waals surface area contributed by atoms with Crippen LogP contribution in [-0.2, 0) is 9.59 Å². The molecule has 7 nitrogen and oxygen atoms in total. The topological polar surface area (TPSA) is 80.1 Å². The van der Waals surface area contributed by atoms with E-state index in [0.29, 0.717) is 25.0 Å². The molecule has 3 fully saturated rings. The van der Waals surface area contributed by atoms with Crippen molar-refractivity contribution >= 4 is 17.5 Å². The van der Waals surface area contributed by atoms with Gasteiger partial charge in [0.25, 0.3) is 0 Å². The number of hydrogen-bond donors (Lipinski definition) is 1. The number of nitrogens with one attached hydrogen (secondary N) is 1. The smallest absolute Gasteiger partial charge is 0.230 e. The first-order valence-corrected chi connectivity index (χ1v) is 13.3. The van der Waals surface area contributed by atoms with E-state index < -0.39 is 0 Å². The van der Waals surface area contributed by atoms with E-state index in [4.69, 9.17) is 10.2 Å². The second-order valence-corrected chi connectivity index (χ2v) is 11.6. The summed E-state index contributed by atoms with van der Waals surface area (Å²) in [4.78, 5) is 27.7. The van der Waals surface area contributed by atoms with Crippen molar-refractivity contribution in [1.29, 1.82) is 0 Å². The normalized spacial score (nSPS) is 26.2. The fourth-order valence-corrected chi connectivity index (χ4v) is 6.13. The van der Waals surface area contributed by atoms with Crippen LogP contribution in [0.1, 0.15) is 93.5 Å². The van der Waals surface area contributed by atoms with Gasteiger partial charge in [0, 0.05) is 37.7 Å². The molecular weight excluding hydrogens is 438 g/mol. The molecule has 2 atom stereocenters. The minimum absolute atomic E-state index is 0.00467. The number of hydrogen-bond acceptors (Lipinski definition) is 4. The number of likely N-dealkylation sites (tertiary alicyclic amines) is 1. The van der Waals surface area contributed by atoms with Gasteiger partial charge in [0.15, 0.2) is 0 Å². The zero-order chi connectivity index (χ0) is 24.9. The quantitative estimate of drug-likeness (QED) is 0.611. The van der Waals surface area contributed by atoms with Crippen LogP contribution in [0.3, 0.4) is 0 Å². The van der Waals surface area contributed by atoms with E-state index in [9.17, 15) is 9.59 Å². The van der Waals surface area contributed by atoms with E-state index in [0.717, 1.165) is 47.6 Å². The molecule has 2 aromatic rings. The summed E-state index contributed by atoms with van der Waals surface area (Å²) < 4.78 is 2.36. The largest absolute Gasteiger partial charge is 0.341 e. The standard InChI is InChI=1S/C28H39N5O2/c1-16(2)10-20-12-21(13-20)26-30-31-27(33(26)22-7-8-22)23-14-32(19(5)34)15-24(23)28(35)29-25-9-6-17(3)11-18(25)4/h6,9,11,16,20-24H,7-8,10,12-15H2,1-5H3,(H,29,35)/t20-,21+,23-,24-/m1/s1. The van der Waals surface area contributed by atoms with Gasteiger partial charge >= 0.3 is 0 Å². The number of anilines is 1. The predicted octanol–water partition coefficient (Wildman–Crippen LogP) is 4.97. The fourth-order valence-electron chi connectivity index (χ4n) is 6.13. The molecular formula is C28H39N5O2. The number of carbonyl (C=O) groups is 2. The summed E-state index contributed by atoms with van der Waals surface area (Å²) in [6.45, 7) is 11.2. The number of aryl methyl sites for hydroxylation is 2. The molecule has 2 heterocycles. The summed E-state index contributed by atoms with van der Waals surface area (Å²) in [7, 11) is 0. The summed E-state index contributed by atoms with van der Waals surface area (Å²) in [6, 6.07) is 6.49. The van der Waals surface area contributed by atoms with E-state index >= 15 is 0 Å². The summed E-state index contributed by atoms with van der Waals surface area (Å²) in [5.74, 6) is 3.46. The molecule has 1 saturated heterocycles. The van der Waals surface area contributed by atoms with Crippen molar-refractivity contribution in [3.63, 3.8) is 0 Å². The predicted molar refractivity (Wildman–Crippen MR) is 136 cm³/mol. The Morgan fingerprint density at radius 3 is 2.43 bits per heavy atom. The van der Waals surface area contributed by atoms with Gasteiger partial charge in [-0.25, -0.2) is 0 Å². The molecule has 1 N–H and O–H groups in total. The minimum atomic E-state index is -0.343. The van der Waals surface area contributed by atoms with E-state index in [-0.39, 0.29) is 23.7 Å². The lowest BCUT2D eigenvalue weighted by molar-refractivity contribution is -0.128. The van der Waals surface area contributed by atoms with Crippen LogP contribution in [0.5, 0.6) is 0 Å². The van der Waals surface area contributed by atoms with Gasteiger partial charge in [0.2, 0.25) is 11.8 Å². The number of nitrogens with zero attached hydrogens (tertiary/aromatic N) is 4. The number of benzene rings is 1. The van der Waals surface area contributed by atoms with E-state index in [2.05, 4.69) is 29.8 Å². The second-order valence-electron chi connectivity index (χ2n) is 11.6. The molecule has 2 aliphatic carbocycles. The Balaban J connectivity index is 1.40. The molecule has 1 aromatic heterocycles. The molecule has 0 bridgehead atoms. The second kappa shape index (κ2) is 9.40. The van der Waals surface area contributed by atoms with Crippen LogP contribution < -0.4 is 5.32 Å². The molecule has 188 valence electrons. The highest BCUT2D eigenvalue weighted by Crippen LogP contribution is 2.48. The van der Waals surface area contributed by atoms with Crippen LogP contribution in [0.2, 0.25) is 0 Å². The summed E-state index contributed by atoms with van der Waals surface area (Å²) in [5, 5.41) is 12.6. The zero-order valence-corrected chi connectivity index (χ0v) is 21.8. The highest BCUT2D eigenvalue weighted by Gasteiger charge is 2.45. The Labute approximate surface area is 208 Å². The van der Waals surface area contributed by atoms with Gasteiger partial charge in [-0.1, -0.05) is 31.5 Å². The lowest BCUT2D eigenvalue weighted by Crippen LogP contribution is -2.31. The van der Waals surface area contributed by atoms with Gasteiger partial charge in [0.1, 0.15) is 11.6 Å². The molecule has 5 rings (SSSR count). The molecule has 0 spiro atoms. The first kappa shape index (κ1) is 24.0. The molecule has 1 aromatic carbocycles. The van der Waals surface area contributed by atoms with Crippen LogP contribution in [0.15, 0.2) is 18.2 Å². The lowest BCUT2D eigenvalue weighted by atomic mass is 9.71. The zero-order valence-electron chi connectivity index (χ0n) is 21.8. The van der Waals surface area contributed by atoms with Crippen LogP contribution >= 0.6 is 0 Å². The number of amides is 2. The van der Waals surface area contributed by atoms with Gasteiger partial charge in [0.05, 0.1) is 11.8 Å². The van der Waals surface area contributed by atoms with Crippen LogP contribution in [0, 0.1) is 31.6 Å². The monoisotopic (exact) mass is 477 g/mol. The van der Waals surface area contributed by atoms with Gasteiger partial charge < -0.3 is 14.8 Å². The Kier molecular flexibility index (Phi) is 6.45. The van der Waals surface area contributed by atoms with Gasteiger partial charge in [-0.2, -0.15) is 0 Å². The van der Waals surface area contributed by atoms with Crippen LogP contribution in [-0.4, -0.2) is 44.6 Å². The summed E-state index contributed by atoms with van der Waals surface area (Å²) in [6.07, 6.45) is 5.93. The molecule has 35 heavy (non-hydrogen) atoms. The maximum Gasteiger partial charge on any atom is 0.230 e. The number of aromatic nitrogens is 3. The van der Waals surface area contributed by atoms with Gasteiger partial charge in [-0.3, -0.25) is 9.59 Å². The number of rotatable bonds is 7. The average molecular weight is 478 g/mol. The van der Waals surface area contributed by atoms with Crippen molar-refractivity contribution < 1.29 is 9.59 Å².